The fourth-order valence-electron chi connectivity index (χ4n) is 2.08. The number of nitrogens with zero attached hydrogens (tertiary/aromatic N) is 1. The Kier molecular flexibility index (Phi) is 4.74. The molecule has 1 N–H and O–H groups in total. The van der Waals surface area contributed by atoms with Crippen LogP contribution in [0.25, 0.3) is 0 Å². The SMILES string of the molecule is CC[C@@H](C)[C@@H](CN1CCCC1)NC. The first-order valence-corrected chi connectivity index (χ1v) is 5.67. The molecule has 1 fully saturated rings. The fraction of sp³-hybridized carbons (Fsp3) is 1.00. The Morgan fingerprint density at radius 1 is 1.31 bits per heavy atom. The molecule has 0 bridgehead atoms. The molecular weight excluding hydrogens is 160 g/mol. The standard InChI is InChI=1S/C11H24N2/c1-4-10(2)11(12-3)9-13-7-5-6-8-13/h10-12H,4-9H2,1-3H3/t10-,11-/m1/s1. The molecule has 2 atom stereocenters. The van der Waals surface area contributed by atoms with Crippen molar-refractivity contribution in [2.24, 2.45) is 5.92 Å². The monoisotopic (exact) mass is 184 g/mol. The first-order chi connectivity index (χ1) is 6.27. The van der Waals surface area contributed by atoms with E-state index < -0.39 is 0 Å². The number of rotatable bonds is 5. The van der Waals surface area contributed by atoms with E-state index in [0.717, 1.165) is 5.92 Å². The summed E-state index contributed by atoms with van der Waals surface area (Å²) in [4.78, 5) is 2.59. The molecule has 78 valence electrons. The van der Waals surface area contributed by atoms with Gasteiger partial charge in [0.15, 0.2) is 0 Å². The summed E-state index contributed by atoms with van der Waals surface area (Å²) in [7, 11) is 2.09. The highest BCUT2D eigenvalue weighted by Crippen LogP contribution is 2.13. The summed E-state index contributed by atoms with van der Waals surface area (Å²) in [6, 6.07) is 0.683. The third kappa shape index (κ3) is 3.28. The molecule has 0 aromatic heterocycles. The number of hydrogen-bond donors (Lipinski definition) is 1. The van der Waals surface area contributed by atoms with E-state index in [4.69, 9.17) is 0 Å². The van der Waals surface area contributed by atoms with Gasteiger partial charge in [-0.25, -0.2) is 0 Å². The molecule has 13 heavy (non-hydrogen) atoms. The molecule has 1 rings (SSSR count). The molecule has 2 heteroatoms. The smallest absolute Gasteiger partial charge is 0.0217 e. The Balaban J connectivity index is 2.29. The van der Waals surface area contributed by atoms with Gasteiger partial charge in [-0.05, 0) is 38.9 Å². The van der Waals surface area contributed by atoms with Crippen LogP contribution in [0.3, 0.4) is 0 Å². The summed E-state index contributed by atoms with van der Waals surface area (Å²) in [5.41, 5.74) is 0. The lowest BCUT2D eigenvalue weighted by Gasteiger charge is -2.27. The van der Waals surface area contributed by atoms with E-state index >= 15 is 0 Å². The molecule has 0 spiro atoms. The maximum atomic E-state index is 3.44. The molecule has 0 aliphatic carbocycles. The normalized spacial score (nSPS) is 23.3. The van der Waals surface area contributed by atoms with Crippen molar-refractivity contribution in [2.75, 3.05) is 26.7 Å². The quantitative estimate of drug-likeness (QED) is 0.700. The molecule has 1 aliphatic rings. The topological polar surface area (TPSA) is 15.3 Å². The molecule has 0 aromatic carbocycles. The van der Waals surface area contributed by atoms with Crippen molar-refractivity contribution in [2.45, 2.75) is 39.2 Å². The Bertz CT molecular complexity index is 130. The summed E-state index contributed by atoms with van der Waals surface area (Å²) in [6.07, 6.45) is 4.08. The maximum Gasteiger partial charge on any atom is 0.0217 e. The summed E-state index contributed by atoms with van der Waals surface area (Å²) in [6.45, 7) is 8.49. The van der Waals surface area contributed by atoms with Crippen LogP contribution in [0.5, 0.6) is 0 Å². The highest BCUT2D eigenvalue weighted by molar-refractivity contribution is 4.77. The Hall–Kier alpha value is -0.0800. The van der Waals surface area contributed by atoms with Gasteiger partial charge in [0, 0.05) is 12.6 Å². The van der Waals surface area contributed by atoms with Crippen molar-refractivity contribution >= 4 is 0 Å². The van der Waals surface area contributed by atoms with E-state index in [1.807, 2.05) is 0 Å². The van der Waals surface area contributed by atoms with Crippen LogP contribution in [0.2, 0.25) is 0 Å². The van der Waals surface area contributed by atoms with E-state index in [0.29, 0.717) is 6.04 Å². The van der Waals surface area contributed by atoms with Crippen LogP contribution in [-0.2, 0) is 0 Å². The van der Waals surface area contributed by atoms with Gasteiger partial charge in [-0.15, -0.1) is 0 Å². The molecule has 0 saturated carbocycles. The first kappa shape index (κ1) is 11.0. The molecule has 2 nitrogen and oxygen atoms in total. The van der Waals surface area contributed by atoms with Crippen LogP contribution in [-0.4, -0.2) is 37.6 Å². The summed E-state index contributed by atoms with van der Waals surface area (Å²) in [5.74, 6) is 0.797. The molecule has 0 amide bonds. The second-order valence-corrected chi connectivity index (χ2v) is 4.29. The van der Waals surface area contributed by atoms with Crippen molar-refractivity contribution < 1.29 is 0 Å². The lowest BCUT2D eigenvalue weighted by molar-refractivity contribution is 0.253. The molecule has 1 aliphatic heterocycles. The van der Waals surface area contributed by atoms with E-state index in [1.165, 1.54) is 38.9 Å². The van der Waals surface area contributed by atoms with Crippen LogP contribution < -0.4 is 5.32 Å². The van der Waals surface area contributed by atoms with Crippen molar-refractivity contribution in [3.05, 3.63) is 0 Å². The zero-order chi connectivity index (χ0) is 9.68. The maximum absolute atomic E-state index is 3.44. The average Bonchev–Trinajstić information content (AvgIpc) is 2.65. The van der Waals surface area contributed by atoms with Crippen LogP contribution in [0.1, 0.15) is 33.1 Å². The number of hydrogen-bond acceptors (Lipinski definition) is 2. The predicted molar refractivity (Wildman–Crippen MR) is 58.0 cm³/mol. The van der Waals surface area contributed by atoms with E-state index in [9.17, 15) is 0 Å². The van der Waals surface area contributed by atoms with Gasteiger partial charge in [0.05, 0.1) is 0 Å². The van der Waals surface area contributed by atoms with Gasteiger partial charge < -0.3 is 10.2 Å². The highest BCUT2D eigenvalue weighted by Gasteiger charge is 2.19. The van der Waals surface area contributed by atoms with Crippen molar-refractivity contribution in [1.82, 2.24) is 10.2 Å². The predicted octanol–water partition coefficient (Wildman–Crippen LogP) is 1.72. The van der Waals surface area contributed by atoms with E-state index in [2.05, 4.69) is 31.1 Å². The van der Waals surface area contributed by atoms with Crippen LogP contribution in [0.4, 0.5) is 0 Å². The minimum atomic E-state index is 0.683. The van der Waals surface area contributed by atoms with Crippen molar-refractivity contribution in [1.29, 1.82) is 0 Å². The van der Waals surface area contributed by atoms with Crippen LogP contribution in [0.15, 0.2) is 0 Å². The van der Waals surface area contributed by atoms with E-state index in [1.54, 1.807) is 0 Å². The van der Waals surface area contributed by atoms with E-state index in [-0.39, 0.29) is 0 Å². The average molecular weight is 184 g/mol. The molecule has 0 unspecified atom stereocenters. The largest absolute Gasteiger partial charge is 0.315 e. The summed E-state index contributed by atoms with van der Waals surface area (Å²) in [5, 5.41) is 3.44. The highest BCUT2D eigenvalue weighted by atomic mass is 15.2. The van der Waals surface area contributed by atoms with Gasteiger partial charge in [0.2, 0.25) is 0 Å². The van der Waals surface area contributed by atoms with Gasteiger partial charge >= 0.3 is 0 Å². The molecule has 0 radical (unpaired) electrons. The minimum Gasteiger partial charge on any atom is -0.315 e. The van der Waals surface area contributed by atoms with Gasteiger partial charge in [0.25, 0.3) is 0 Å². The Labute approximate surface area is 82.7 Å². The number of likely N-dealkylation sites (tertiary alicyclic amines) is 1. The van der Waals surface area contributed by atoms with Gasteiger partial charge in [-0.3, -0.25) is 0 Å². The third-order valence-electron chi connectivity index (χ3n) is 3.36. The first-order valence-electron chi connectivity index (χ1n) is 5.67. The Morgan fingerprint density at radius 3 is 2.38 bits per heavy atom. The fourth-order valence-corrected chi connectivity index (χ4v) is 2.08. The third-order valence-corrected chi connectivity index (χ3v) is 3.36. The number of nitrogens with one attached hydrogen (secondary N) is 1. The van der Waals surface area contributed by atoms with Gasteiger partial charge in [-0.2, -0.15) is 0 Å². The number of likely N-dealkylation sites (N-methyl/N-ethyl adjacent to an activating group) is 1. The zero-order valence-corrected chi connectivity index (χ0v) is 9.34. The molecular formula is C11H24N2. The van der Waals surface area contributed by atoms with Crippen molar-refractivity contribution in [3.8, 4) is 0 Å². The second kappa shape index (κ2) is 5.61. The molecule has 1 heterocycles. The van der Waals surface area contributed by atoms with Gasteiger partial charge in [0.1, 0.15) is 0 Å². The molecule has 0 aromatic rings. The zero-order valence-electron chi connectivity index (χ0n) is 9.34. The lowest BCUT2D eigenvalue weighted by atomic mass is 9.99. The van der Waals surface area contributed by atoms with Crippen LogP contribution in [0, 0.1) is 5.92 Å². The lowest BCUT2D eigenvalue weighted by Crippen LogP contribution is -2.42. The summed E-state index contributed by atoms with van der Waals surface area (Å²) >= 11 is 0. The van der Waals surface area contributed by atoms with Crippen molar-refractivity contribution in [3.63, 3.8) is 0 Å². The minimum absolute atomic E-state index is 0.683. The van der Waals surface area contributed by atoms with Gasteiger partial charge in [-0.1, -0.05) is 20.3 Å². The Morgan fingerprint density at radius 2 is 1.92 bits per heavy atom. The summed E-state index contributed by atoms with van der Waals surface area (Å²) < 4.78 is 0. The molecule has 1 saturated heterocycles. The van der Waals surface area contributed by atoms with Crippen LogP contribution >= 0.6 is 0 Å². The second-order valence-electron chi connectivity index (χ2n) is 4.29.